The third kappa shape index (κ3) is 4.52. The van der Waals surface area contributed by atoms with E-state index in [9.17, 15) is 13.2 Å². The highest BCUT2D eigenvalue weighted by Gasteiger charge is 2.24. The molecule has 1 atom stereocenters. The predicted octanol–water partition coefficient (Wildman–Crippen LogP) is 4.95. The van der Waals surface area contributed by atoms with Crippen LogP contribution in [-0.4, -0.2) is 20.4 Å². The Labute approximate surface area is 133 Å². The van der Waals surface area contributed by atoms with E-state index in [1.807, 2.05) is 0 Å². The smallest absolute Gasteiger partial charge is 0.409 e. The fourth-order valence-corrected chi connectivity index (χ4v) is 2.36. The van der Waals surface area contributed by atoms with Crippen LogP contribution in [-0.2, 0) is 0 Å². The summed E-state index contributed by atoms with van der Waals surface area (Å²) in [6, 6.07) is 14.0. The van der Waals surface area contributed by atoms with Gasteiger partial charge in [-0.15, -0.1) is 0 Å². The van der Waals surface area contributed by atoms with Crippen LogP contribution in [0.3, 0.4) is 0 Å². The van der Waals surface area contributed by atoms with Crippen molar-refractivity contribution in [3.8, 4) is 11.5 Å². The Morgan fingerprint density at radius 3 is 2.35 bits per heavy atom. The summed E-state index contributed by atoms with van der Waals surface area (Å²) in [7, 11) is 3.01. The maximum Gasteiger partial charge on any atom is 0.409 e. The molecule has 2 rings (SSSR count). The summed E-state index contributed by atoms with van der Waals surface area (Å²) < 4.78 is 48.4. The van der Waals surface area contributed by atoms with Gasteiger partial charge in [0.05, 0.1) is 14.2 Å². The summed E-state index contributed by atoms with van der Waals surface area (Å²) in [5.74, 6) is 0.526. The molecule has 0 aromatic heterocycles. The summed E-state index contributed by atoms with van der Waals surface area (Å²) in [5.41, 5.74) is 1.35. The van der Waals surface area contributed by atoms with Crippen LogP contribution in [0.1, 0.15) is 17.0 Å². The van der Waals surface area contributed by atoms with Gasteiger partial charge in [0, 0.05) is 17.6 Å². The molecule has 122 valence electrons. The van der Waals surface area contributed by atoms with Crippen LogP contribution in [0.2, 0.25) is 0 Å². The Bertz CT molecular complexity index is 678. The molecule has 0 heterocycles. The molecule has 0 fully saturated rings. The topological polar surface area (TPSA) is 18.5 Å². The Hall–Kier alpha value is -2.43. The number of rotatable bonds is 5. The molecule has 0 bridgehead atoms. The van der Waals surface area contributed by atoms with Crippen molar-refractivity contribution in [3.63, 3.8) is 0 Å². The molecular formula is C18H17F3O2. The molecule has 2 nitrogen and oxygen atoms in total. The van der Waals surface area contributed by atoms with Gasteiger partial charge in [0.25, 0.3) is 0 Å². The molecule has 2 aromatic carbocycles. The minimum absolute atomic E-state index is 0.254. The van der Waals surface area contributed by atoms with Crippen molar-refractivity contribution in [1.29, 1.82) is 0 Å². The van der Waals surface area contributed by atoms with Gasteiger partial charge in [0.2, 0.25) is 0 Å². The highest BCUT2D eigenvalue weighted by atomic mass is 19.4. The van der Waals surface area contributed by atoms with E-state index in [1.54, 1.807) is 48.5 Å². The number of hydrogen-bond donors (Lipinski definition) is 0. The zero-order valence-electron chi connectivity index (χ0n) is 12.8. The number of methoxy groups -OCH3 is 2. The molecular weight excluding hydrogens is 305 g/mol. The van der Waals surface area contributed by atoms with Crippen molar-refractivity contribution < 1.29 is 22.6 Å². The summed E-state index contributed by atoms with van der Waals surface area (Å²) in [6.07, 6.45) is -2.99. The first-order valence-electron chi connectivity index (χ1n) is 6.97. The maximum atomic E-state index is 12.6. The van der Waals surface area contributed by atoms with Crippen LogP contribution < -0.4 is 9.47 Å². The number of para-hydroxylation sites is 1. The summed E-state index contributed by atoms with van der Waals surface area (Å²) in [5, 5.41) is 0. The molecule has 0 amide bonds. The van der Waals surface area contributed by atoms with Crippen molar-refractivity contribution in [1.82, 2.24) is 0 Å². The van der Waals surface area contributed by atoms with Crippen LogP contribution >= 0.6 is 0 Å². The Balaban J connectivity index is 2.53. The lowest BCUT2D eigenvalue weighted by atomic mass is 9.90. The minimum Gasteiger partial charge on any atom is -0.497 e. The number of hydrogen-bond acceptors (Lipinski definition) is 2. The van der Waals surface area contributed by atoms with Crippen LogP contribution in [0, 0.1) is 0 Å². The molecule has 1 unspecified atom stereocenters. The molecule has 2 aromatic rings. The first-order valence-corrected chi connectivity index (χ1v) is 6.97. The fourth-order valence-electron chi connectivity index (χ4n) is 2.36. The van der Waals surface area contributed by atoms with Gasteiger partial charge in [0.1, 0.15) is 11.5 Å². The first-order chi connectivity index (χ1) is 10.9. The summed E-state index contributed by atoms with van der Waals surface area (Å²) in [4.78, 5) is 0. The second kappa shape index (κ2) is 7.22. The Morgan fingerprint density at radius 1 is 0.957 bits per heavy atom. The highest BCUT2D eigenvalue weighted by Crippen LogP contribution is 2.35. The van der Waals surface area contributed by atoms with Gasteiger partial charge in [-0.3, -0.25) is 0 Å². The molecule has 0 spiro atoms. The molecule has 0 radical (unpaired) electrons. The quantitative estimate of drug-likeness (QED) is 0.725. The second-order valence-electron chi connectivity index (χ2n) is 4.90. The standard InChI is InChI=1S/C18H17F3O2/c1-22-14-7-5-6-13(12-14)15(10-11-18(19,20)21)16-8-3-4-9-17(16)23-2/h3-12,15H,1-2H3/b11-10+. The van der Waals surface area contributed by atoms with Crippen LogP contribution in [0.15, 0.2) is 60.7 Å². The van der Waals surface area contributed by atoms with Crippen molar-refractivity contribution in [2.45, 2.75) is 12.1 Å². The van der Waals surface area contributed by atoms with Gasteiger partial charge in [-0.05, 0) is 23.8 Å². The molecule has 0 aliphatic rings. The van der Waals surface area contributed by atoms with Crippen molar-refractivity contribution in [2.24, 2.45) is 0 Å². The molecule has 23 heavy (non-hydrogen) atoms. The molecule has 0 aliphatic carbocycles. The van der Waals surface area contributed by atoms with Crippen molar-refractivity contribution in [2.75, 3.05) is 14.2 Å². The lowest BCUT2D eigenvalue weighted by molar-refractivity contribution is -0.0800. The lowest BCUT2D eigenvalue weighted by Crippen LogP contribution is -2.05. The molecule has 0 N–H and O–H groups in total. The van der Waals surface area contributed by atoms with Crippen molar-refractivity contribution in [3.05, 3.63) is 71.8 Å². The van der Waals surface area contributed by atoms with E-state index in [1.165, 1.54) is 14.2 Å². The molecule has 0 saturated heterocycles. The van der Waals surface area contributed by atoms with Crippen LogP contribution in [0.4, 0.5) is 13.2 Å². The lowest BCUT2D eigenvalue weighted by Gasteiger charge is -2.18. The number of halogens is 3. The van der Waals surface area contributed by atoms with Gasteiger partial charge in [-0.25, -0.2) is 0 Å². The number of alkyl halides is 3. The van der Waals surface area contributed by atoms with E-state index in [-0.39, 0.29) is 6.08 Å². The number of benzene rings is 2. The van der Waals surface area contributed by atoms with Gasteiger partial charge < -0.3 is 9.47 Å². The first kappa shape index (κ1) is 16.9. The van der Waals surface area contributed by atoms with Gasteiger partial charge in [0.15, 0.2) is 0 Å². The van der Waals surface area contributed by atoms with Gasteiger partial charge >= 0.3 is 6.18 Å². The van der Waals surface area contributed by atoms with Gasteiger partial charge in [-0.1, -0.05) is 36.4 Å². The van der Waals surface area contributed by atoms with E-state index in [2.05, 4.69) is 0 Å². The zero-order chi connectivity index (χ0) is 16.9. The average molecular weight is 322 g/mol. The molecule has 5 heteroatoms. The molecule has 0 aliphatic heterocycles. The van der Waals surface area contributed by atoms with Crippen LogP contribution in [0.25, 0.3) is 0 Å². The second-order valence-corrected chi connectivity index (χ2v) is 4.90. The number of allylic oxidation sites excluding steroid dienone is 2. The third-order valence-corrected chi connectivity index (χ3v) is 3.40. The number of ether oxygens (including phenoxy) is 2. The monoisotopic (exact) mass is 322 g/mol. The minimum atomic E-state index is -4.38. The summed E-state index contributed by atoms with van der Waals surface area (Å²) in [6.45, 7) is 0. The Kier molecular flexibility index (Phi) is 5.32. The van der Waals surface area contributed by atoms with Crippen LogP contribution in [0.5, 0.6) is 11.5 Å². The fraction of sp³-hybridized carbons (Fsp3) is 0.222. The predicted molar refractivity (Wildman–Crippen MR) is 83.0 cm³/mol. The van der Waals surface area contributed by atoms with Crippen molar-refractivity contribution >= 4 is 0 Å². The zero-order valence-corrected chi connectivity index (χ0v) is 12.8. The van der Waals surface area contributed by atoms with E-state index >= 15 is 0 Å². The van der Waals surface area contributed by atoms with E-state index < -0.39 is 12.1 Å². The highest BCUT2D eigenvalue weighted by molar-refractivity contribution is 5.46. The SMILES string of the molecule is COc1cccc(C(/C=C/C(F)(F)F)c2ccccc2OC)c1. The average Bonchev–Trinajstić information content (AvgIpc) is 2.54. The van der Waals surface area contributed by atoms with E-state index in [0.29, 0.717) is 22.6 Å². The maximum absolute atomic E-state index is 12.6. The van der Waals surface area contributed by atoms with E-state index in [0.717, 1.165) is 6.08 Å². The van der Waals surface area contributed by atoms with E-state index in [4.69, 9.17) is 9.47 Å². The summed E-state index contributed by atoms with van der Waals surface area (Å²) >= 11 is 0. The molecule has 0 saturated carbocycles. The third-order valence-electron chi connectivity index (χ3n) is 3.40. The Morgan fingerprint density at radius 2 is 1.70 bits per heavy atom. The normalized spacial score (nSPS) is 13.1. The van der Waals surface area contributed by atoms with Gasteiger partial charge in [-0.2, -0.15) is 13.2 Å². The largest absolute Gasteiger partial charge is 0.497 e.